The zero-order valence-corrected chi connectivity index (χ0v) is 16.8. The molecule has 0 unspecified atom stereocenters. The first-order valence-electron chi connectivity index (χ1n) is 9.68. The Kier molecular flexibility index (Phi) is 9.21. The summed E-state index contributed by atoms with van der Waals surface area (Å²) in [4.78, 5) is 26.5. The van der Waals surface area contributed by atoms with Gasteiger partial charge in [-0.15, -0.1) is 0 Å². The predicted molar refractivity (Wildman–Crippen MR) is 111 cm³/mol. The van der Waals surface area contributed by atoms with Gasteiger partial charge in [0.1, 0.15) is 0 Å². The minimum absolute atomic E-state index is 0.0635. The van der Waals surface area contributed by atoms with E-state index < -0.39 is 0 Å². The average molecular weight is 392 g/mol. The van der Waals surface area contributed by atoms with Gasteiger partial charge in [0.2, 0.25) is 5.91 Å². The third-order valence-corrected chi connectivity index (χ3v) is 4.67. The van der Waals surface area contributed by atoms with Crippen LogP contribution in [0.2, 0.25) is 0 Å². The maximum absolute atomic E-state index is 12.8. The van der Waals surface area contributed by atoms with Crippen molar-refractivity contribution in [3.05, 3.63) is 29.8 Å². The van der Waals surface area contributed by atoms with Crippen molar-refractivity contribution in [2.75, 3.05) is 31.6 Å². The van der Waals surface area contributed by atoms with Crippen molar-refractivity contribution in [2.45, 2.75) is 45.4 Å². The molecule has 0 atom stereocenters. The molecule has 6 nitrogen and oxygen atoms in total. The molecule has 0 radical (unpaired) electrons. The molecule has 2 N–H and O–H groups in total. The van der Waals surface area contributed by atoms with E-state index in [0.29, 0.717) is 44.0 Å². The maximum Gasteiger partial charge on any atom is 0.256 e. The molecule has 0 spiro atoms. The van der Waals surface area contributed by atoms with Gasteiger partial charge in [-0.25, -0.2) is 0 Å². The van der Waals surface area contributed by atoms with E-state index in [1.54, 1.807) is 17.0 Å². The molecule has 1 aliphatic rings. The number of para-hydroxylation sites is 1. The second-order valence-electron chi connectivity index (χ2n) is 6.62. The van der Waals surface area contributed by atoms with E-state index >= 15 is 0 Å². The summed E-state index contributed by atoms with van der Waals surface area (Å²) in [5.41, 5.74) is 1.14. The summed E-state index contributed by atoms with van der Waals surface area (Å²) in [5, 5.41) is 5.91. The first kappa shape index (κ1) is 21.3. The predicted octanol–water partition coefficient (Wildman–Crippen LogP) is 3.33. The number of hydrogen-bond acceptors (Lipinski definition) is 4. The second kappa shape index (κ2) is 11.7. The third kappa shape index (κ3) is 7.27. The molecule has 1 aromatic rings. The van der Waals surface area contributed by atoms with Crippen LogP contribution in [-0.4, -0.2) is 48.1 Å². The summed E-state index contributed by atoms with van der Waals surface area (Å²) < 4.78 is 5.30. The Morgan fingerprint density at radius 1 is 1.11 bits per heavy atom. The molecule has 0 aromatic heterocycles. The summed E-state index contributed by atoms with van der Waals surface area (Å²) in [5.74, 6) is -0.160. The fraction of sp³-hybridized carbons (Fsp3) is 0.550. The molecule has 7 heteroatoms. The fourth-order valence-corrected chi connectivity index (χ4v) is 3.17. The van der Waals surface area contributed by atoms with Crippen LogP contribution < -0.4 is 10.6 Å². The lowest BCUT2D eigenvalue weighted by molar-refractivity contribution is -0.119. The average Bonchev–Trinajstić information content (AvgIpc) is 2.68. The highest BCUT2D eigenvalue weighted by Crippen LogP contribution is 2.18. The number of anilines is 1. The number of morpholine rings is 1. The first-order valence-corrected chi connectivity index (χ1v) is 10.1. The largest absolute Gasteiger partial charge is 0.378 e. The van der Waals surface area contributed by atoms with Gasteiger partial charge in [-0.1, -0.05) is 44.7 Å². The van der Waals surface area contributed by atoms with E-state index in [-0.39, 0.29) is 16.9 Å². The lowest BCUT2D eigenvalue weighted by Gasteiger charge is -2.27. The standard InChI is InChI=1S/C20H29N3O3S/c1-2-3-4-5-6-11-18(24)22-20(27)21-17-10-8-7-9-16(17)19(25)23-12-14-26-15-13-23/h7-10H,2-6,11-15H2,1H3,(H2,21,22,24,27). The second-order valence-corrected chi connectivity index (χ2v) is 7.02. The van der Waals surface area contributed by atoms with E-state index in [4.69, 9.17) is 17.0 Å². The number of hydrogen-bond donors (Lipinski definition) is 2. The van der Waals surface area contributed by atoms with E-state index in [2.05, 4.69) is 17.6 Å². The monoisotopic (exact) mass is 391 g/mol. The van der Waals surface area contributed by atoms with Crippen LogP contribution in [0.25, 0.3) is 0 Å². The van der Waals surface area contributed by atoms with Gasteiger partial charge in [0, 0.05) is 19.5 Å². The van der Waals surface area contributed by atoms with Crippen LogP contribution in [0.3, 0.4) is 0 Å². The van der Waals surface area contributed by atoms with Crippen molar-refractivity contribution in [3.63, 3.8) is 0 Å². The Labute approximate surface area is 166 Å². The SMILES string of the molecule is CCCCCCCC(=O)NC(=S)Nc1ccccc1C(=O)N1CCOCC1. The number of carbonyl (C=O) groups excluding carboxylic acids is 2. The van der Waals surface area contributed by atoms with Crippen LogP contribution in [0, 0.1) is 0 Å². The Balaban J connectivity index is 1.86. The molecule has 1 aliphatic heterocycles. The van der Waals surface area contributed by atoms with Crippen molar-refractivity contribution in [1.82, 2.24) is 10.2 Å². The highest BCUT2D eigenvalue weighted by atomic mass is 32.1. The quantitative estimate of drug-likeness (QED) is 0.525. The van der Waals surface area contributed by atoms with Gasteiger partial charge in [0.25, 0.3) is 5.91 Å². The van der Waals surface area contributed by atoms with Crippen LogP contribution in [0.15, 0.2) is 24.3 Å². The van der Waals surface area contributed by atoms with Crippen molar-refractivity contribution in [2.24, 2.45) is 0 Å². The van der Waals surface area contributed by atoms with Crippen LogP contribution in [0.5, 0.6) is 0 Å². The highest BCUT2D eigenvalue weighted by Gasteiger charge is 2.21. The van der Waals surface area contributed by atoms with Gasteiger partial charge in [-0.05, 0) is 30.8 Å². The molecule has 0 bridgehead atoms. The topological polar surface area (TPSA) is 70.7 Å². The zero-order valence-electron chi connectivity index (χ0n) is 16.0. The van der Waals surface area contributed by atoms with Crippen molar-refractivity contribution in [1.29, 1.82) is 0 Å². The molecule has 0 saturated carbocycles. The normalized spacial score (nSPS) is 13.9. The van der Waals surface area contributed by atoms with E-state index in [0.717, 1.165) is 19.3 Å². The molecule has 2 rings (SSSR count). The van der Waals surface area contributed by atoms with Gasteiger partial charge in [0.15, 0.2) is 5.11 Å². The zero-order chi connectivity index (χ0) is 19.5. The van der Waals surface area contributed by atoms with Crippen molar-refractivity contribution < 1.29 is 14.3 Å². The number of carbonyl (C=O) groups is 2. The van der Waals surface area contributed by atoms with Crippen molar-refractivity contribution >= 4 is 34.8 Å². The molecule has 1 aromatic carbocycles. The molecular formula is C20H29N3O3S. The highest BCUT2D eigenvalue weighted by molar-refractivity contribution is 7.80. The lowest BCUT2D eigenvalue weighted by atomic mass is 10.1. The summed E-state index contributed by atoms with van der Waals surface area (Å²) in [6.07, 6.45) is 5.92. The third-order valence-electron chi connectivity index (χ3n) is 4.46. The minimum atomic E-state index is -0.0963. The lowest BCUT2D eigenvalue weighted by Crippen LogP contribution is -2.41. The number of rotatable bonds is 8. The molecular weight excluding hydrogens is 362 g/mol. The van der Waals surface area contributed by atoms with Crippen LogP contribution in [0.1, 0.15) is 55.8 Å². The summed E-state index contributed by atoms with van der Waals surface area (Å²) in [7, 11) is 0. The molecule has 1 heterocycles. The Morgan fingerprint density at radius 3 is 2.56 bits per heavy atom. The van der Waals surface area contributed by atoms with Gasteiger partial charge in [0.05, 0.1) is 24.5 Å². The van der Waals surface area contributed by atoms with Gasteiger partial charge < -0.3 is 20.3 Å². The molecule has 0 aliphatic carbocycles. The molecule has 2 amide bonds. The Hall–Kier alpha value is -1.99. The maximum atomic E-state index is 12.8. The Bertz CT molecular complexity index is 645. The number of amides is 2. The Morgan fingerprint density at radius 2 is 1.81 bits per heavy atom. The summed E-state index contributed by atoms with van der Waals surface area (Å²) >= 11 is 5.25. The van der Waals surface area contributed by atoms with Gasteiger partial charge >= 0.3 is 0 Å². The number of nitrogens with zero attached hydrogens (tertiary/aromatic N) is 1. The van der Waals surface area contributed by atoms with Crippen LogP contribution in [0.4, 0.5) is 5.69 Å². The smallest absolute Gasteiger partial charge is 0.256 e. The van der Waals surface area contributed by atoms with Gasteiger partial charge in [-0.2, -0.15) is 0 Å². The molecule has 27 heavy (non-hydrogen) atoms. The molecule has 148 valence electrons. The first-order chi connectivity index (χ1) is 13.1. The number of benzene rings is 1. The van der Waals surface area contributed by atoms with E-state index in [1.807, 2.05) is 12.1 Å². The summed E-state index contributed by atoms with van der Waals surface area (Å²) in [6, 6.07) is 7.20. The van der Waals surface area contributed by atoms with Crippen molar-refractivity contribution in [3.8, 4) is 0 Å². The fourth-order valence-electron chi connectivity index (χ4n) is 2.95. The number of unbranched alkanes of at least 4 members (excludes halogenated alkanes) is 4. The number of thiocarbonyl (C=S) groups is 1. The minimum Gasteiger partial charge on any atom is -0.378 e. The number of nitrogens with one attached hydrogen (secondary N) is 2. The molecule has 1 saturated heterocycles. The van der Waals surface area contributed by atoms with Gasteiger partial charge in [-0.3, -0.25) is 9.59 Å². The number of ether oxygens (including phenoxy) is 1. The molecule has 1 fully saturated rings. The van der Waals surface area contributed by atoms with E-state index in [9.17, 15) is 9.59 Å². The van der Waals surface area contributed by atoms with Crippen LogP contribution in [-0.2, 0) is 9.53 Å². The van der Waals surface area contributed by atoms with E-state index in [1.165, 1.54) is 12.8 Å². The van der Waals surface area contributed by atoms with Crippen LogP contribution >= 0.6 is 12.2 Å². The summed E-state index contributed by atoms with van der Waals surface area (Å²) in [6.45, 7) is 4.42.